The van der Waals surface area contributed by atoms with Crippen molar-refractivity contribution >= 4 is 17.3 Å². The topological polar surface area (TPSA) is 78.4 Å². The van der Waals surface area contributed by atoms with E-state index in [2.05, 4.69) is 10.2 Å². The molecule has 0 unspecified atom stereocenters. The first-order chi connectivity index (χ1) is 11.3. The van der Waals surface area contributed by atoms with Gasteiger partial charge in [0.2, 0.25) is 0 Å². The molecule has 7 heteroatoms. The zero-order valence-electron chi connectivity index (χ0n) is 12.3. The van der Waals surface area contributed by atoms with E-state index in [-0.39, 0.29) is 24.4 Å². The molecule has 6 nitrogen and oxygen atoms in total. The molecule has 0 aliphatic heterocycles. The molecule has 0 fully saturated rings. The number of carbonyl (C=O) groups is 1. The van der Waals surface area contributed by atoms with Crippen molar-refractivity contribution in [3.63, 3.8) is 0 Å². The van der Waals surface area contributed by atoms with Crippen LogP contribution in [0.1, 0.15) is 38.8 Å². The SMILES string of the molecule is O=C(OCc1nnc(-c2ccco2)o1)c1cc2c(s1)CCCC2. The van der Waals surface area contributed by atoms with Gasteiger partial charge >= 0.3 is 5.97 Å². The number of carbonyl (C=O) groups excluding carboxylic acids is 1. The summed E-state index contributed by atoms with van der Waals surface area (Å²) < 4.78 is 15.8. The summed E-state index contributed by atoms with van der Waals surface area (Å²) in [6, 6.07) is 5.40. The van der Waals surface area contributed by atoms with Crippen molar-refractivity contribution in [3.05, 3.63) is 45.7 Å². The Morgan fingerprint density at radius 1 is 1.30 bits per heavy atom. The van der Waals surface area contributed by atoms with Crippen molar-refractivity contribution in [2.45, 2.75) is 32.3 Å². The number of hydrogen-bond donors (Lipinski definition) is 0. The van der Waals surface area contributed by atoms with Crippen molar-refractivity contribution in [2.24, 2.45) is 0 Å². The van der Waals surface area contributed by atoms with Gasteiger partial charge in [-0.1, -0.05) is 0 Å². The fourth-order valence-electron chi connectivity index (χ4n) is 2.60. The highest BCUT2D eigenvalue weighted by Crippen LogP contribution is 2.30. The van der Waals surface area contributed by atoms with Crippen LogP contribution in [0.25, 0.3) is 11.7 Å². The molecule has 1 aliphatic rings. The zero-order chi connectivity index (χ0) is 15.6. The fourth-order valence-corrected chi connectivity index (χ4v) is 3.75. The van der Waals surface area contributed by atoms with E-state index in [0.717, 1.165) is 12.8 Å². The summed E-state index contributed by atoms with van der Waals surface area (Å²) in [5, 5.41) is 7.72. The van der Waals surface area contributed by atoms with Crippen LogP contribution in [-0.4, -0.2) is 16.2 Å². The Balaban J connectivity index is 1.41. The normalized spacial score (nSPS) is 13.7. The van der Waals surface area contributed by atoms with E-state index < -0.39 is 0 Å². The largest absolute Gasteiger partial charge is 0.459 e. The summed E-state index contributed by atoms with van der Waals surface area (Å²) in [6.07, 6.45) is 6.02. The number of ether oxygens (including phenoxy) is 1. The van der Waals surface area contributed by atoms with E-state index in [9.17, 15) is 4.79 Å². The predicted molar refractivity (Wildman–Crippen MR) is 82.1 cm³/mol. The van der Waals surface area contributed by atoms with Gasteiger partial charge in [0.05, 0.1) is 6.26 Å². The van der Waals surface area contributed by atoms with Crippen molar-refractivity contribution in [1.82, 2.24) is 10.2 Å². The maximum absolute atomic E-state index is 12.2. The van der Waals surface area contributed by atoms with Gasteiger partial charge in [-0.15, -0.1) is 21.5 Å². The van der Waals surface area contributed by atoms with Crippen LogP contribution in [0.3, 0.4) is 0 Å². The number of hydrogen-bond acceptors (Lipinski definition) is 7. The number of aromatic nitrogens is 2. The van der Waals surface area contributed by atoms with E-state index in [0.29, 0.717) is 10.6 Å². The molecule has 0 N–H and O–H groups in total. The van der Waals surface area contributed by atoms with Gasteiger partial charge in [0.25, 0.3) is 11.8 Å². The minimum atomic E-state index is -0.345. The van der Waals surface area contributed by atoms with Gasteiger partial charge in [-0.25, -0.2) is 4.79 Å². The van der Waals surface area contributed by atoms with E-state index in [1.165, 1.54) is 40.9 Å². The molecular weight excluding hydrogens is 316 g/mol. The highest BCUT2D eigenvalue weighted by molar-refractivity contribution is 7.14. The van der Waals surface area contributed by atoms with Crippen molar-refractivity contribution in [3.8, 4) is 11.7 Å². The zero-order valence-corrected chi connectivity index (χ0v) is 13.1. The summed E-state index contributed by atoms with van der Waals surface area (Å²) in [5.41, 5.74) is 1.28. The number of nitrogens with zero attached hydrogens (tertiary/aromatic N) is 2. The van der Waals surface area contributed by atoms with E-state index in [4.69, 9.17) is 13.6 Å². The molecule has 0 bridgehead atoms. The Hall–Kier alpha value is -2.41. The summed E-state index contributed by atoms with van der Waals surface area (Å²) in [4.78, 5) is 14.1. The van der Waals surface area contributed by atoms with Crippen LogP contribution < -0.4 is 0 Å². The molecule has 0 aromatic carbocycles. The smallest absolute Gasteiger partial charge is 0.348 e. The maximum atomic E-state index is 12.2. The van der Waals surface area contributed by atoms with Crippen molar-refractivity contribution in [2.75, 3.05) is 0 Å². The molecule has 23 heavy (non-hydrogen) atoms. The highest BCUT2D eigenvalue weighted by Gasteiger charge is 2.19. The minimum Gasteiger partial charge on any atom is -0.459 e. The van der Waals surface area contributed by atoms with Crippen LogP contribution >= 0.6 is 11.3 Å². The lowest BCUT2D eigenvalue weighted by molar-refractivity contribution is 0.0444. The molecule has 0 atom stereocenters. The molecule has 3 aromatic rings. The second-order valence-electron chi connectivity index (χ2n) is 5.32. The Morgan fingerprint density at radius 2 is 2.22 bits per heavy atom. The van der Waals surface area contributed by atoms with Gasteiger partial charge in [-0.2, -0.15) is 0 Å². The third kappa shape index (κ3) is 2.92. The molecule has 0 saturated carbocycles. The lowest BCUT2D eigenvalue weighted by Gasteiger charge is -2.08. The van der Waals surface area contributed by atoms with E-state index in [1.54, 1.807) is 12.1 Å². The Kier molecular flexibility index (Phi) is 3.70. The first-order valence-electron chi connectivity index (χ1n) is 7.44. The van der Waals surface area contributed by atoms with Gasteiger partial charge in [0.1, 0.15) is 4.88 Å². The van der Waals surface area contributed by atoms with Crippen molar-refractivity contribution in [1.29, 1.82) is 0 Å². The van der Waals surface area contributed by atoms with Gasteiger partial charge in [0, 0.05) is 4.88 Å². The third-order valence-electron chi connectivity index (χ3n) is 3.72. The number of furan rings is 1. The third-order valence-corrected chi connectivity index (χ3v) is 4.94. The monoisotopic (exact) mass is 330 g/mol. The molecule has 1 aliphatic carbocycles. The second kappa shape index (κ2) is 6.00. The first-order valence-corrected chi connectivity index (χ1v) is 8.26. The molecule has 3 aromatic heterocycles. The Labute approximate surface area is 136 Å². The van der Waals surface area contributed by atoms with Gasteiger partial charge < -0.3 is 13.6 Å². The Bertz CT molecular complexity index is 796. The first kappa shape index (κ1) is 14.2. The quantitative estimate of drug-likeness (QED) is 0.680. The van der Waals surface area contributed by atoms with Gasteiger partial charge in [-0.3, -0.25) is 0 Å². The van der Waals surface area contributed by atoms with Crippen LogP contribution in [0.2, 0.25) is 0 Å². The fraction of sp³-hybridized carbons (Fsp3) is 0.312. The second-order valence-corrected chi connectivity index (χ2v) is 6.46. The summed E-state index contributed by atoms with van der Waals surface area (Å²) >= 11 is 1.53. The molecule has 118 valence electrons. The molecule has 0 saturated heterocycles. The number of esters is 1. The standard InChI is InChI=1S/C16H14N2O4S/c19-16(13-8-10-4-1-2-6-12(10)23-13)21-9-14-17-18-15(22-14)11-5-3-7-20-11/h3,5,7-8H,1-2,4,6,9H2. The average molecular weight is 330 g/mol. The van der Waals surface area contributed by atoms with Gasteiger partial charge in [-0.05, 0) is 49.4 Å². The predicted octanol–water partition coefficient (Wildman–Crippen LogP) is 3.63. The minimum absolute atomic E-state index is 0.0465. The molecule has 0 amide bonds. The van der Waals surface area contributed by atoms with Crippen LogP contribution in [0.15, 0.2) is 33.3 Å². The Morgan fingerprint density at radius 3 is 3.04 bits per heavy atom. The molecule has 0 spiro atoms. The number of fused-ring (bicyclic) bond motifs is 1. The van der Waals surface area contributed by atoms with Crippen LogP contribution in [-0.2, 0) is 24.2 Å². The summed E-state index contributed by atoms with van der Waals surface area (Å²) in [5.74, 6) is 0.655. The van der Waals surface area contributed by atoms with Gasteiger partial charge in [0.15, 0.2) is 12.4 Å². The lowest BCUT2D eigenvalue weighted by atomic mass is 9.99. The van der Waals surface area contributed by atoms with Crippen LogP contribution in [0.4, 0.5) is 0 Å². The molecular formula is C16H14N2O4S. The lowest BCUT2D eigenvalue weighted by Crippen LogP contribution is -2.03. The molecule has 3 heterocycles. The summed E-state index contributed by atoms with van der Waals surface area (Å²) in [6.45, 7) is -0.0465. The average Bonchev–Trinajstić information content (AvgIpc) is 3.31. The summed E-state index contributed by atoms with van der Waals surface area (Å²) in [7, 11) is 0. The van der Waals surface area contributed by atoms with Crippen LogP contribution in [0.5, 0.6) is 0 Å². The highest BCUT2D eigenvalue weighted by atomic mass is 32.1. The molecule has 0 radical (unpaired) electrons. The van der Waals surface area contributed by atoms with E-state index in [1.807, 2.05) is 6.07 Å². The number of rotatable bonds is 4. The van der Waals surface area contributed by atoms with E-state index >= 15 is 0 Å². The number of aryl methyl sites for hydroxylation is 2. The molecule has 4 rings (SSSR count). The maximum Gasteiger partial charge on any atom is 0.348 e. The van der Waals surface area contributed by atoms with Crippen molar-refractivity contribution < 1.29 is 18.4 Å². The number of thiophene rings is 1. The van der Waals surface area contributed by atoms with Crippen LogP contribution in [0, 0.1) is 0 Å².